The van der Waals surface area contributed by atoms with Gasteiger partial charge in [-0.15, -0.1) is 11.6 Å². The van der Waals surface area contributed by atoms with Gasteiger partial charge in [0.05, 0.1) is 6.10 Å². The van der Waals surface area contributed by atoms with Crippen molar-refractivity contribution >= 4 is 17.3 Å². The lowest BCUT2D eigenvalue weighted by atomic mass is 10.1. The summed E-state index contributed by atoms with van der Waals surface area (Å²) >= 11 is 5.85. The van der Waals surface area contributed by atoms with Crippen molar-refractivity contribution in [2.24, 2.45) is 0 Å². The van der Waals surface area contributed by atoms with Gasteiger partial charge in [0, 0.05) is 31.3 Å². The lowest BCUT2D eigenvalue weighted by molar-refractivity contribution is 0.0821. The number of rotatable bonds is 2. The summed E-state index contributed by atoms with van der Waals surface area (Å²) < 4.78 is 5.68. The Bertz CT molecular complexity index is 380. The van der Waals surface area contributed by atoms with Gasteiger partial charge in [-0.1, -0.05) is 12.1 Å². The Kier molecular flexibility index (Phi) is 4.30. The Hall–Kier alpha value is -0.730. The third-order valence-electron chi connectivity index (χ3n) is 3.21. The van der Waals surface area contributed by atoms with Crippen LogP contribution in [0.4, 0.5) is 5.69 Å². The van der Waals surface area contributed by atoms with Crippen molar-refractivity contribution in [3.05, 3.63) is 29.3 Å². The number of alkyl halides is 1. The van der Waals surface area contributed by atoms with Crippen LogP contribution in [-0.4, -0.2) is 25.8 Å². The second-order valence-electron chi connectivity index (χ2n) is 4.74. The lowest BCUT2D eigenvalue weighted by Crippen LogP contribution is -2.30. The molecule has 0 N–H and O–H groups in total. The van der Waals surface area contributed by atoms with Crippen LogP contribution in [0, 0.1) is 6.92 Å². The van der Waals surface area contributed by atoms with Crippen LogP contribution < -0.4 is 4.90 Å². The van der Waals surface area contributed by atoms with Crippen molar-refractivity contribution in [3.8, 4) is 0 Å². The SMILES string of the molecule is Cc1cc(CCl)ccc1N1CCCOC(C)C1. The molecule has 0 amide bonds. The van der Waals surface area contributed by atoms with E-state index in [1.54, 1.807) is 0 Å². The molecule has 17 heavy (non-hydrogen) atoms. The van der Waals surface area contributed by atoms with Crippen LogP contribution in [0.25, 0.3) is 0 Å². The summed E-state index contributed by atoms with van der Waals surface area (Å²) in [5.41, 5.74) is 3.81. The van der Waals surface area contributed by atoms with Crippen molar-refractivity contribution in [2.75, 3.05) is 24.6 Å². The van der Waals surface area contributed by atoms with Gasteiger partial charge in [0.15, 0.2) is 0 Å². The van der Waals surface area contributed by atoms with Gasteiger partial charge >= 0.3 is 0 Å². The quantitative estimate of drug-likeness (QED) is 0.750. The standard InChI is InChI=1S/C14H20ClNO/c1-11-8-13(9-15)4-5-14(11)16-6-3-7-17-12(2)10-16/h4-5,8,12H,3,6-7,9-10H2,1-2H3. The van der Waals surface area contributed by atoms with E-state index in [4.69, 9.17) is 16.3 Å². The normalized spacial score (nSPS) is 21.4. The van der Waals surface area contributed by atoms with E-state index in [9.17, 15) is 0 Å². The number of nitrogens with zero attached hydrogens (tertiary/aromatic N) is 1. The molecule has 2 rings (SSSR count). The van der Waals surface area contributed by atoms with Crippen molar-refractivity contribution in [3.63, 3.8) is 0 Å². The molecule has 2 nitrogen and oxygen atoms in total. The fourth-order valence-corrected chi connectivity index (χ4v) is 2.53. The molecule has 1 heterocycles. The zero-order valence-corrected chi connectivity index (χ0v) is 11.3. The molecular formula is C14H20ClNO. The Morgan fingerprint density at radius 2 is 2.29 bits per heavy atom. The van der Waals surface area contributed by atoms with Gasteiger partial charge in [0.2, 0.25) is 0 Å². The maximum absolute atomic E-state index is 5.85. The first-order valence-corrected chi connectivity index (χ1v) is 6.76. The van der Waals surface area contributed by atoms with E-state index in [0.717, 1.165) is 26.1 Å². The second-order valence-corrected chi connectivity index (χ2v) is 5.00. The molecule has 0 saturated carbocycles. The van der Waals surface area contributed by atoms with Gasteiger partial charge in [-0.2, -0.15) is 0 Å². The van der Waals surface area contributed by atoms with Crippen LogP contribution >= 0.6 is 11.6 Å². The van der Waals surface area contributed by atoms with Gasteiger partial charge in [0.25, 0.3) is 0 Å². The molecule has 1 fully saturated rings. The highest BCUT2D eigenvalue weighted by atomic mass is 35.5. The first kappa shape index (κ1) is 12.7. The number of ether oxygens (including phenoxy) is 1. The average Bonchev–Trinajstić information content (AvgIpc) is 2.53. The summed E-state index contributed by atoms with van der Waals surface area (Å²) in [5.74, 6) is 0.584. The zero-order valence-electron chi connectivity index (χ0n) is 10.6. The van der Waals surface area contributed by atoms with Gasteiger partial charge in [-0.25, -0.2) is 0 Å². The first-order chi connectivity index (χ1) is 8.20. The van der Waals surface area contributed by atoms with Crippen molar-refractivity contribution in [1.29, 1.82) is 0 Å². The molecule has 1 atom stereocenters. The van der Waals surface area contributed by atoms with Crippen molar-refractivity contribution < 1.29 is 4.74 Å². The number of hydrogen-bond donors (Lipinski definition) is 0. The van der Waals surface area contributed by atoms with E-state index >= 15 is 0 Å². The summed E-state index contributed by atoms with van der Waals surface area (Å²) in [6.45, 7) is 7.21. The van der Waals surface area contributed by atoms with E-state index in [1.807, 2.05) is 0 Å². The van der Waals surface area contributed by atoms with Gasteiger partial charge in [-0.3, -0.25) is 0 Å². The summed E-state index contributed by atoms with van der Waals surface area (Å²) in [6, 6.07) is 6.48. The lowest BCUT2D eigenvalue weighted by Gasteiger charge is -2.26. The number of aryl methyl sites for hydroxylation is 1. The zero-order chi connectivity index (χ0) is 12.3. The van der Waals surface area contributed by atoms with Crippen LogP contribution in [-0.2, 0) is 10.6 Å². The highest BCUT2D eigenvalue weighted by Crippen LogP contribution is 2.24. The minimum absolute atomic E-state index is 0.310. The smallest absolute Gasteiger partial charge is 0.0721 e. The molecule has 3 heteroatoms. The molecule has 1 aromatic carbocycles. The minimum Gasteiger partial charge on any atom is -0.377 e. The maximum Gasteiger partial charge on any atom is 0.0721 e. The van der Waals surface area contributed by atoms with Crippen LogP contribution in [0.5, 0.6) is 0 Å². The third-order valence-corrected chi connectivity index (χ3v) is 3.52. The Balaban J connectivity index is 2.20. The number of benzene rings is 1. The minimum atomic E-state index is 0.310. The highest BCUT2D eigenvalue weighted by Gasteiger charge is 2.16. The van der Waals surface area contributed by atoms with Crippen LogP contribution in [0.3, 0.4) is 0 Å². The van der Waals surface area contributed by atoms with Crippen molar-refractivity contribution in [2.45, 2.75) is 32.3 Å². The largest absolute Gasteiger partial charge is 0.377 e. The Morgan fingerprint density at radius 1 is 1.47 bits per heavy atom. The Labute approximate surface area is 109 Å². The monoisotopic (exact) mass is 253 g/mol. The predicted octanol–water partition coefficient (Wildman–Crippen LogP) is 3.35. The molecule has 0 radical (unpaired) electrons. The van der Waals surface area contributed by atoms with Crippen LogP contribution in [0.1, 0.15) is 24.5 Å². The highest BCUT2D eigenvalue weighted by molar-refractivity contribution is 6.17. The van der Waals surface area contributed by atoms with E-state index in [2.05, 4.69) is 36.9 Å². The average molecular weight is 254 g/mol. The number of anilines is 1. The fourth-order valence-electron chi connectivity index (χ4n) is 2.37. The first-order valence-electron chi connectivity index (χ1n) is 6.22. The molecule has 1 unspecified atom stereocenters. The summed E-state index contributed by atoms with van der Waals surface area (Å²) in [7, 11) is 0. The maximum atomic E-state index is 5.85. The molecule has 1 aliphatic rings. The summed E-state index contributed by atoms with van der Waals surface area (Å²) in [6.07, 6.45) is 1.41. The molecule has 0 bridgehead atoms. The van der Waals surface area contributed by atoms with E-state index in [-0.39, 0.29) is 0 Å². The molecule has 94 valence electrons. The molecule has 0 aromatic heterocycles. The van der Waals surface area contributed by atoms with E-state index in [1.165, 1.54) is 16.8 Å². The summed E-state index contributed by atoms with van der Waals surface area (Å²) in [4.78, 5) is 2.42. The molecule has 1 aliphatic heterocycles. The molecule has 0 aliphatic carbocycles. The topological polar surface area (TPSA) is 12.5 Å². The molecule has 0 spiro atoms. The number of halogens is 1. The van der Waals surface area contributed by atoms with Crippen LogP contribution in [0.15, 0.2) is 18.2 Å². The van der Waals surface area contributed by atoms with E-state index in [0.29, 0.717) is 12.0 Å². The third kappa shape index (κ3) is 3.14. The predicted molar refractivity (Wildman–Crippen MR) is 73.0 cm³/mol. The summed E-state index contributed by atoms with van der Waals surface area (Å²) in [5, 5.41) is 0. The Morgan fingerprint density at radius 3 is 3.00 bits per heavy atom. The second kappa shape index (κ2) is 5.74. The molecule has 1 aromatic rings. The van der Waals surface area contributed by atoms with Crippen LogP contribution in [0.2, 0.25) is 0 Å². The number of hydrogen-bond acceptors (Lipinski definition) is 2. The molecule has 1 saturated heterocycles. The van der Waals surface area contributed by atoms with Gasteiger partial charge in [-0.05, 0) is 37.5 Å². The van der Waals surface area contributed by atoms with Crippen molar-refractivity contribution in [1.82, 2.24) is 0 Å². The molecular weight excluding hydrogens is 234 g/mol. The van der Waals surface area contributed by atoms with E-state index < -0.39 is 0 Å². The fraction of sp³-hybridized carbons (Fsp3) is 0.571. The van der Waals surface area contributed by atoms with Gasteiger partial charge < -0.3 is 9.64 Å². The van der Waals surface area contributed by atoms with Gasteiger partial charge in [0.1, 0.15) is 0 Å².